The van der Waals surface area contributed by atoms with Crippen LogP contribution in [0.15, 0.2) is 65.9 Å². The van der Waals surface area contributed by atoms with Crippen LogP contribution in [0.3, 0.4) is 0 Å². The number of nitrogens with zero attached hydrogens (tertiary/aromatic N) is 2. The van der Waals surface area contributed by atoms with Crippen LogP contribution in [0.2, 0.25) is 0 Å². The molecule has 0 saturated heterocycles. The summed E-state index contributed by atoms with van der Waals surface area (Å²) in [5.41, 5.74) is 3.55. The molecule has 2 N–H and O–H groups in total. The average Bonchev–Trinajstić information content (AvgIpc) is 2.99. The van der Waals surface area contributed by atoms with Crippen molar-refractivity contribution in [2.75, 3.05) is 7.05 Å². The lowest BCUT2D eigenvalue weighted by Gasteiger charge is -2.25. The van der Waals surface area contributed by atoms with Crippen LogP contribution in [0, 0.1) is 11.3 Å². The quantitative estimate of drug-likeness (QED) is 0.851. The molecular weight excluding hydrogens is 340 g/mol. The van der Waals surface area contributed by atoms with E-state index < -0.39 is 24.0 Å². The highest BCUT2D eigenvalue weighted by Gasteiger charge is 2.43. The van der Waals surface area contributed by atoms with Gasteiger partial charge in [0.05, 0.1) is 17.6 Å². The van der Waals surface area contributed by atoms with Gasteiger partial charge >= 0.3 is 5.97 Å². The van der Waals surface area contributed by atoms with E-state index >= 15 is 0 Å². The normalized spacial score (nSPS) is 20.4. The summed E-state index contributed by atoms with van der Waals surface area (Å²) in [6, 6.07) is 18.0. The van der Waals surface area contributed by atoms with E-state index in [2.05, 4.69) is 6.07 Å². The number of hydrogen-bond donors (Lipinski definition) is 2. The van der Waals surface area contributed by atoms with Crippen molar-refractivity contribution in [3.8, 4) is 6.07 Å². The third kappa shape index (κ3) is 3.32. The van der Waals surface area contributed by atoms with Crippen LogP contribution >= 0.6 is 0 Å². The van der Waals surface area contributed by atoms with E-state index in [1.165, 1.54) is 0 Å². The molecule has 3 rings (SSSR count). The summed E-state index contributed by atoms with van der Waals surface area (Å²) in [7, 11) is 1.72. The Balaban J connectivity index is 1.97. The number of hydrogen-bond acceptors (Lipinski definition) is 4. The van der Waals surface area contributed by atoms with Crippen LogP contribution in [0.1, 0.15) is 42.1 Å². The molecule has 3 unspecified atom stereocenters. The number of nitriles is 1. The Hall–Kier alpha value is -3.10. The second kappa shape index (κ2) is 7.65. The number of aliphatic carboxylic acids is 1. The maximum absolute atomic E-state index is 11.9. The zero-order valence-electron chi connectivity index (χ0n) is 15.3. The monoisotopic (exact) mass is 362 g/mol. The third-order valence-electron chi connectivity index (χ3n) is 5.22. The predicted molar refractivity (Wildman–Crippen MR) is 102 cm³/mol. The van der Waals surface area contributed by atoms with Crippen molar-refractivity contribution in [3.05, 3.63) is 82.6 Å². The minimum Gasteiger partial charge on any atom is -0.480 e. The molecule has 0 bridgehead atoms. The number of carboxylic acids is 1. The third-order valence-corrected chi connectivity index (χ3v) is 5.22. The first-order valence-electron chi connectivity index (χ1n) is 8.91. The number of allylic oxidation sites excluding steroid dienone is 1. The average molecular weight is 362 g/mol. The van der Waals surface area contributed by atoms with Gasteiger partial charge in [-0.25, -0.2) is 4.79 Å². The molecule has 2 aromatic carbocycles. The standard InChI is InChI=1S/C22H22N2O3/c1-3-18-17(13-23)19(20(22(26)27)24(18)2)14-9-11-16(12-10-14)21(25)15-7-5-4-6-8-15/h4-12,19-21,25H,3H2,1-2H3,(H,26,27). The Labute approximate surface area is 158 Å². The van der Waals surface area contributed by atoms with Gasteiger partial charge in [-0.3, -0.25) is 0 Å². The van der Waals surface area contributed by atoms with Crippen molar-refractivity contribution < 1.29 is 15.0 Å². The molecule has 2 aromatic rings. The number of carboxylic acid groups (broad SMARTS) is 1. The molecule has 0 aromatic heterocycles. The highest BCUT2D eigenvalue weighted by Crippen LogP contribution is 2.41. The van der Waals surface area contributed by atoms with Gasteiger partial charge in [0.1, 0.15) is 12.1 Å². The number of aliphatic hydroxyl groups excluding tert-OH is 1. The van der Waals surface area contributed by atoms with Gasteiger partial charge in [0.25, 0.3) is 0 Å². The van der Waals surface area contributed by atoms with E-state index in [1.54, 1.807) is 24.1 Å². The van der Waals surface area contributed by atoms with E-state index in [4.69, 9.17) is 0 Å². The van der Waals surface area contributed by atoms with Gasteiger partial charge in [0.15, 0.2) is 0 Å². The van der Waals surface area contributed by atoms with Gasteiger partial charge < -0.3 is 15.1 Å². The van der Waals surface area contributed by atoms with Crippen molar-refractivity contribution in [3.63, 3.8) is 0 Å². The van der Waals surface area contributed by atoms with Crippen molar-refractivity contribution in [2.45, 2.75) is 31.4 Å². The molecule has 0 aliphatic carbocycles. The van der Waals surface area contributed by atoms with E-state index in [0.717, 1.165) is 22.4 Å². The van der Waals surface area contributed by atoms with Crippen molar-refractivity contribution in [1.29, 1.82) is 5.26 Å². The Morgan fingerprint density at radius 2 is 1.74 bits per heavy atom. The first-order chi connectivity index (χ1) is 13.0. The lowest BCUT2D eigenvalue weighted by Crippen LogP contribution is -2.37. The largest absolute Gasteiger partial charge is 0.480 e. The number of rotatable bonds is 5. The minimum absolute atomic E-state index is 0.503. The molecule has 0 fully saturated rings. The summed E-state index contributed by atoms with van der Waals surface area (Å²) in [6.07, 6.45) is -0.149. The molecule has 0 radical (unpaired) electrons. The predicted octanol–water partition coefficient (Wildman–Crippen LogP) is 3.44. The second-order valence-electron chi connectivity index (χ2n) is 6.68. The molecule has 3 atom stereocenters. The molecular formula is C22H22N2O3. The van der Waals surface area contributed by atoms with Crippen LogP contribution in [-0.4, -0.2) is 34.2 Å². The summed E-state index contributed by atoms with van der Waals surface area (Å²) in [5.74, 6) is -1.47. The molecule has 0 spiro atoms. The summed E-state index contributed by atoms with van der Waals surface area (Å²) >= 11 is 0. The molecule has 1 aliphatic heterocycles. The van der Waals surface area contributed by atoms with Gasteiger partial charge in [0.2, 0.25) is 0 Å². The maximum atomic E-state index is 11.9. The smallest absolute Gasteiger partial charge is 0.327 e. The Morgan fingerprint density at radius 3 is 2.26 bits per heavy atom. The number of carbonyl (C=O) groups is 1. The Kier molecular flexibility index (Phi) is 5.29. The molecule has 0 amide bonds. The number of benzene rings is 2. The summed E-state index contributed by atoms with van der Waals surface area (Å²) in [5, 5.41) is 29.9. The zero-order valence-corrected chi connectivity index (χ0v) is 15.3. The second-order valence-corrected chi connectivity index (χ2v) is 6.68. The summed E-state index contributed by atoms with van der Waals surface area (Å²) in [6.45, 7) is 1.92. The molecule has 1 heterocycles. The van der Waals surface area contributed by atoms with Crippen molar-refractivity contribution in [2.24, 2.45) is 0 Å². The highest BCUT2D eigenvalue weighted by molar-refractivity contribution is 5.78. The first kappa shape index (κ1) is 18.7. The molecule has 138 valence electrons. The van der Waals surface area contributed by atoms with E-state index in [9.17, 15) is 20.3 Å². The van der Waals surface area contributed by atoms with Crippen LogP contribution in [0.4, 0.5) is 0 Å². The molecule has 5 heteroatoms. The first-order valence-corrected chi connectivity index (χ1v) is 8.91. The van der Waals surface area contributed by atoms with Gasteiger partial charge in [-0.2, -0.15) is 5.26 Å². The number of aliphatic hydroxyl groups is 1. The van der Waals surface area contributed by atoms with Crippen LogP contribution in [0.5, 0.6) is 0 Å². The highest BCUT2D eigenvalue weighted by atomic mass is 16.4. The molecule has 1 aliphatic rings. The molecule has 5 nitrogen and oxygen atoms in total. The van der Waals surface area contributed by atoms with E-state index in [0.29, 0.717) is 12.0 Å². The van der Waals surface area contributed by atoms with Crippen molar-refractivity contribution >= 4 is 5.97 Å². The summed E-state index contributed by atoms with van der Waals surface area (Å²) in [4.78, 5) is 13.6. The van der Waals surface area contributed by atoms with Gasteiger partial charge in [-0.1, -0.05) is 61.5 Å². The molecule has 0 saturated carbocycles. The lowest BCUT2D eigenvalue weighted by atomic mass is 9.86. The van der Waals surface area contributed by atoms with E-state index in [1.807, 2.05) is 49.4 Å². The fourth-order valence-electron chi connectivity index (χ4n) is 3.86. The Morgan fingerprint density at radius 1 is 1.15 bits per heavy atom. The zero-order chi connectivity index (χ0) is 19.6. The van der Waals surface area contributed by atoms with Gasteiger partial charge in [0, 0.05) is 12.7 Å². The summed E-state index contributed by atoms with van der Waals surface area (Å²) < 4.78 is 0. The fourth-order valence-corrected chi connectivity index (χ4v) is 3.86. The lowest BCUT2D eigenvalue weighted by molar-refractivity contribution is -0.142. The number of likely N-dealkylation sites (N-methyl/N-ethyl adjacent to an activating group) is 1. The minimum atomic E-state index is -0.952. The van der Waals surface area contributed by atoms with Gasteiger partial charge in [-0.15, -0.1) is 0 Å². The van der Waals surface area contributed by atoms with Crippen LogP contribution in [-0.2, 0) is 4.79 Å². The SMILES string of the molecule is CCC1=C(C#N)C(c2ccc(C(O)c3ccccc3)cc2)C(C(=O)O)N1C. The van der Waals surface area contributed by atoms with Crippen molar-refractivity contribution in [1.82, 2.24) is 4.90 Å². The maximum Gasteiger partial charge on any atom is 0.327 e. The van der Waals surface area contributed by atoms with Gasteiger partial charge in [-0.05, 0) is 23.1 Å². The fraction of sp³-hybridized carbons (Fsp3) is 0.273. The van der Waals surface area contributed by atoms with Crippen LogP contribution < -0.4 is 0 Å². The molecule has 27 heavy (non-hydrogen) atoms. The Bertz CT molecular complexity index is 897. The van der Waals surface area contributed by atoms with Crippen LogP contribution in [0.25, 0.3) is 0 Å². The topological polar surface area (TPSA) is 84.6 Å². The van der Waals surface area contributed by atoms with E-state index in [-0.39, 0.29) is 0 Å².